The number of ether oxygens (including phenoxy) is 1. The molecule has 0 amide bonds. The topological polar surface area (TPSA) is 40.1 Å². The number of hydrogen-bond donors (Lipinski definition) is 1. The zero-order valence-corrected chi connectivity index (χ0v) is 16.1. The third-order valence-corrected chi connectivity index (χ3v) is 5.08. The van der Waals surface area contributed by atoms with Gasteiger partial charge < -0.3 is 19.9 Å². The zero-order chi connectivity index (χ0) is 17.2. The second kappa shape index (κ2) is 10.9. The van der Waals surface area contributed by atoms with Gasteiger partial charge >= 0.3 is 0 Å². The number of nitrogens with zero attached hydrogens (tertiary/aromatic N) is 3. The Morgan fingerprint density at radius 3 is 2.26 bits per heavy atom. The fourth-order valence-corrected chi connectivity index (χ4v) is 3.60. The molecule has 0 radical (unpaired) electrons. The van der Waals surface area contributed by atoms with Crippen LogP contribution < -0.4 is 5.32 Å². The lowest BCUT2D eigenvalue weighted by Gasteiger charge is -2.36. The highest BCUT2D eigenvalue weighted by atomic mass is 16.5. The van der Waals surface area contributed by atoms with Crippen LogP contribution in [0.25, 0.3) is 0 Å². The van der Waals surface area contributed by atoms with Crippen LogP contribution in [0.3, 0.4) is 0 Å². The number of piperidine rings is 1. The van der Waals surface area contributed by atoms with Crippen LogP contribution in [0.2, 0.25) is 0 Å². The molecule has 1 saturated heterocycles. The van der Waals surface area contributed by atoms with E-state index < -0.39 is 0 Å². The molecule has 136 valence electrons. The molecule has 0 aromatic rings. The van der Waals surface area contributed by atoms with E-state index in [2.05, 4.69) is 55.0 Å². The molecule has 0 aliphatic carbocycles. The first-order chi connectivity index (χ1) is 11.1. The van der Waals surface area contributed by atoms with Crippen molar-refractivity contribution < 1.29 is 4.74 Å². The Bertz CT molecular complexity index is 334. The van der Waals surface area contributed by atoms with Gasteiger partial charge in [0.15, 0.2) is 5.96 Å². The van der Waals surface area contributed by atoms with Crippen molar-refractivity contribution in [3.63, 3.8) is 0 Å². The number of nitrogens with one attached hydrogen (secondary N) is 1. The van der Waals surface area contributed by atoms with Crippen molar-refractivity contribution in [2.24, 2.45) is 10.9 Å². The lowest BCUT2D eigenvalue weighted by Crippen LogP contribution is -2.51. The number of guanidine groups is 1. The van der Waals surface area contributed by atoms with Crippen LogP contribution in [-0.4, -0.2) is 75.3 Å². The van der Waals surface area contributed by atoms with Crippen molar-refractivity contribution in [1.82, 2.24) is 15.1 Å². The highest BCUT2D eigenvalue weighted by Crippen LogP contribution is 2.17. The second-order valence-electron chi connectivity index (χ2n) is 6.68. The van der Waals surface area contributed by atoms with E-state index in [4.69, 9.17) is 4.74 Å². The minimum atomic E-state index is 0.424. The van der Waals surface area contributed by atoms with Crippen LogP contribution in [-0.2, 0) is 4.74 Å². The summed E-state index contributed by atoms with van der Waals surface area (Å²) in [7, 11) is 6.25. The first-order valence-electron chi connectivity index (χ1n) is 9.30. The molecule has 1 fully saturated rings. The summed E-state index contributed by atoms with van der Waals surface area (Å²) in [4.78, 5) is 9.21. The average Bonchev–Trinajstić information content (AvgIpc) is 2.56. The SMILES string of the molecule is CCOC1CCN(C(=NC)NCC(C(CC)CC)N(C)C)CC1. The molecule has 1 heterocycles. The number of likely N-dealkylation sites (tertiary alicyclic amines) is 1. The molecule has 1 aliphatic heterocycles. The summed E-state index contributed by atoms with van der Waals surface area (Å²) in [6.45, 7) is 10.5. The lowest BCUT2D eigenvalue weighted by atomic mass is 9.93. The predicted octanol–water partition coefficient (Wildman–Crippen LogP) is 2.43. The number of rotatable bonds is 8. The minimum absolute atomic E-state index is 0.424. The van der Waals surface area contributed by atoms with Gasteiger partial charge in [0.25, 0.3) is 0 Å². The van der Waals surface area contributed by atoms with Gasteiger partial charge in [0.2, 0.25) is 0 Å². The Kier molecular flexibility index (Phi) is 9.56. The highest BCUT2D eigenvalue weighted by molar-refractivity contribution is 5.80. The maximum Gasteiger partial charge on any atom is 0.193 e. The molecule has 1 aliphatic rings. The van der Waals surface area contributed by atoms with Crippen molar-refractivity contribution in [3.05, 3.63) is 0 Å². The first-order valence-corrected chi connectivity index (χ1v) is 9.30. The smallest absolute Gasteiger partial charge is 0.193 e. The Balaban J connectivity index is 2.53. The summed E-state index contributed by atoms with van der Waals surface area (Å²) < 4.78 is 5.74. The van der Waals surface area contributed by atoms with E-state index in [-0.39, 0.29) is 0 Å². The number of hydrogen-bond acceptors (Lipinski definition) is 3. The molecule has 1 atom stereocenters. The van der Waals surface area contributed by atoms with Gasteiger partial charge in [0.1, 0.15) is 0 Å². The van der Waals surface area contributed by atoms with E-state index >= 15 is 0 Å². The average molecular weight is 327 g/mol. The third-order valence-electron chi connectivity index (χ3n) is 5.08. The standard InChI is InChI=1S/C18H38N4O/c1-7-15(8-2)17(21(5)6)14-20-18(19-4)22-12-10-16(11-13-22)23-9-3/h15-17H,7-14H2,1-6H3,(H,19,20). The molecular weight excluding hydrogens is 288 g/mol. The fourth-order valence-electron chi connectivity index (χ4n) is 3.60. The lowest BCUT2D eigenvalue weighted by molar-refractivity contribution is 0.0263. The van der Waals surface area contributed by atoms with Gasteiger partial charge in [-0.25, -0.2) is 0 Å². The Morgan fingerprint density at radius 2 is 1.83 bits per heavy atom. The van der Waals surface area contributed by atoms with Crippen molar-refractivity contribution in [3.8, 4) is 0 Å². The van der Waals surface area contributed by atoms with Gasteiger partial charge in [-0.3, -0.25) is 4.99 Å². The Hall–Kier alpha value is -0.810. The molecule has 1 unspecified atom stereocenters. The molecular formula is C18H38N4O. The van der Waals surface area contributed by atoms with Gasteiger partial charge in [-0.2, -0.15) is 0 Å². The van der Waals surface area contributed by atoms with Crippen LogP contribution in [0.5, 0.6) is 0 Å². The van der Waals surface area contributed by atoms with E-state index in [0.717, 1.165) is 51.0 Å². The van der Waals surface area contributed by atoms with Crippen LogP contribution in [0.1, 0.15) is 46.5 Å². The molecule has 0 spiro atoms. The zero-order valence-electron chi connectivity index (χ0n) is 16.1. The molecule has 5 nitrogen and oxygen atoms in total. The molecule has 0 aromatic carbocycles. The van der Waals surface area contributed by atoms with Gasteiger partial charge in [-0.05, 0) is 39.8 Å². The molecule has 1 N–H and O–H groups in total. The predicted molar refractivity (Wildman–Crippen MR) is 99.1 cm³/mol. The maximum atomic E-state index is 5.74. The van der Waals surface area contributed by atoms with Crippen LogP contribution in [0.15, 0.2) is 4.99 Å². The monoisotopic (exact) mass is 326 g/mol. The highest BCUT2D eigenvalue weighted by Gasteiger charge is 2.24. The summed E-state index contributed by atoms with van der Waals surface area (Å²) in [5, 5.41) is 3.61. The summed E-state index contributed by atoms with van der Waals surface area (Å²) in [5.41, 5.74) is 0. The summed E-state index contributed by atoms with van der Waals surface area (Å²) in [6.07, 6.45) is 5.06. The van der Waals surface area contributed by atoms with Gasteiger partial charge in [0.05, 0.1) is 6.10 Å². The molecule has 1 rings (SSSR count). The largest absolute Gasteiger partial charge is 0.378 e. The second-order valence-corrected chi connectivity index (χ2v) is 6.68. The summed E-state index contributed by atoms with van der Waals surface area (Å²) >= 11 is 0. The normalized spacial score (nSPS) is 18.8. The van der Waals surface area contributed by atoms with Crippen molar-refractivity contribution in [2.45, 2.75) is 58.6 Å². The van der Waals surface area contributed by atoms with Crippen molar-refractivity contribution >= 4 is 5.96 Å². The Labute approximate surface area is 143 Å². The fraction of sp³-hybridized carbons (Fsp3) is 0.944. The third kappa shape index (κ3) is 6.30. The van der Waals surface area contributed by atoms with Crippen molar-refractivity contribution in [1.29, 1.82) is 0 Å². The number of aliphatic imine (C=N–C) groups is 1. The first kappa shape index (κ1) is 20.2. The van der Waals surface area contributed by atoms with Gasteiger partial charge in [-0.15, -0.1) is 0 Å². The maximum absolute atomic E-state index is 5.74. The van der Waals surface area contributed by atoms with E-state index in [1.807, 2.05) is 7.05 Å². The van der Waals surface area contributed by atoms with Gasteiger partial charge in [0, 0.05) is 39.3 Å². The van der Waals surface area contributed by atoms with E-state index in [1.54, 1.807) is 0 Å². The van der Waals surface area contributed by atoms with Crippen LogP contribution in [0, 0.1) is 5.92 Å². The summed E-state index contributed by atoms with van der Waals surface area (Å²) in [6, 6.07) is 0.544. The minimum Gasteiger partial charge on any atom is -0.378 e. The number of likely N-dealkylation sites (N-methyl/N-ethyl adjacent to an activating group) is 1. The van der Waals surface area contributed by atoms with E-state index in [0.29, 0.717) is 12.1 Å². The molecule has 0 saturated carbocycles. The molecule has 23 heavy (non-hydrogen) atoms. The Morgan fingerprint density at radius 1 is 1.22 bits per heavy atom. The quantitative estimate of drug-likeness (QED) is 0.549. The molecule has 0 aromatic heterocycles. The van der Waals surface area contributed by atoms with E-state index in [9.17, 15) is 0 Å². The van der Waals surface area contributed by atoms with Crippen LogP contribution in [0.4, 0.5) is 0 Å². The molecule has 5 heteroatoms. The van der Waals surface area contributed by atoms with E-state index in [1.165, 1.54) is 12.8 Å². The summed E-state index contributed by atoms with van der Waals surface area (Å²) in [5.74, 6) is 1.76. The van der Waals surface area contributed by atoms with Crippen molar-refractivity contribution in [2.75, 3.05) is 47.4 Å². The van der Waals surface area contributed by atoms with Gasteiger partial charge in [-0.1, -0.05) is 26.7 Å². The van der Waals surface area contributed by atoms with Crippen LogP contribution >= 0.6 is 0 Å². The molecule has 0 bridgehead atoms.